The lowest BCUT2D eigenvalue weighted by atomic mass is 9.96. The number of thiophene rings is 1. The first-order valence-electron chi connectivity index (χ1n) is 11.0. The molecule has 1 aliphatic rings. The maximum atomic E-state index is 12.5. The average molecular weight is 464 g/mol. The molecule has 6 nitrogen and oxygen atoms in total. The third-order valence-corrected chi connectivity index (χ3v) is 7.33. The fraction of sp³-hybridized carbons (Fsp3) is 0.522. The van der Waals surface area contributed by atoms with Crippen LogP contribution in [0.5, 0.6) is 0 Å². The van der Waals surface area contributed by atoms with Gasteiger partial charge in [-0.3, -0.25) is 14.4 Å². The van der Waals surface area contributed by atoms with Crippen molar-refractivity contribution < 1.29 is 13.2 Å². The van der Waals surface area contributed by atoms with Crippen molar-refractivity contribution in [3.05, 3.63) is 51.7 Å². The van der Waals surface area contributed by atoms with E-state index in [1.165, 1.54) is 42.5 Å². The van der Waals surface area contributed by atoms with Gasteiger partial charge in [0.05, 0.1) is 6.26 Å². The fourth-order valence-corrected chi connectivity index (χ4v) is 5.79. The molecule has 2 N–H and O–H groups in total. The molecule has 0 fully saturated rings. The van der Waals surface area contributed by atoms with Crippen LogP contribution < -0.4 is 10.0 Å². The molecular weight excluding hydrogens is 430 g/mol. The van der Waals surface area contributed by atoms with Crippen molar-refractivity contribution in [2.75, 3.05) is 30.6 Å². The molecule has 2 heterocycles. The van der Waals surface area contributed by atoms with E-state index in [-0.39, 0.29) is 5.91 Å². The number of anilines is 1. The molecule has 170 valence electrons. The van der Waals surface area contributed by atoms with Crippen LogP contribution in [0.3, 0.4) is 0 Å². The normalized spacial score (nSPS) is 16.6. The molecule has 0 spiro atoms. The van der Waals surface area contributed by atoms with Crippen LogP contribution in [0, 0.1) is 0 Å². The molecule has 31 heavy (non-hydrogen) atoms. The number of hydrogen-bond acceptors (Lipinski definition) is 5. The summed E-state index contributed by atoms with van der Waals surface area (Å²) in [6, 6.07) is 9.20. The van der Waals surface area contributed by atoms with Crippen LogP contribution in [-0.4, -0.2) is 45.1 Å². The lowest BCUT2D eigenvalue weighted by molar-refractivity contribution is 0.0941. The topological polar surface area (TPSA) is 78.5 Å². The average Bonchev–Trinajstić information content (AvgIpc) is 3.20. The molecule has 0 radical (unpaired) electrons. The van der Waals surface area contributed by atoms with Crippen molar-refractivity contribution in [1.29, 1.82) is 0 Å². The minimum Gasteiger partial charge on any atom is -0.351 e. The minimum absolute atomic E-state index is 0.140. The minimum atomic E-state index is -3.32. The molecule has 1 amide bonds. The third kappa shape index (κ3) is 7.05. The zero-order valence-corrected chi connectivity index (χ0v) is 20.0. The maximum absolute atomic E-state index is 12.5. The highest BCUT2D eigenvalue weighted by Crippen LogP contribution is 2.37. The number of carbonyl (C=O) groups excluding carboxylic acids is 1. The van der Waals surface area contributed by atoms with Gasteiger partial charge in [-0.15, -0.1) is 11.3 Å². The fourth-order valence-electron chi connectivity index (χ4n) is 4.10. The van der Waals surface area contributed by atoms with Crippen LogP contribution in [0.2, 0.25) is 0 Å². The van der Waals surface area contributed by atoms with E-state index in [2.05, 4.69) is 33.3 Å². The second-order valence-corrected chi connectivity index (χ2v) is 10.9. The van der Waals surface area contributed by atoms with Gasteiger partial charge in [0.1, 0.15) is 0 Å². The summed E-state index contributed by atoms with van der Waals surface area (Å²) in [7, 11) is -3.32. The summed E-state index contributed by atoms with van der Waals surface area (Å²) >= 11 is 1.87. The summed E-state index contributed by atoms with van der Waals surface area (Å²) < 4.78 is 25.0. The number of carbonyl (C=O) groups is 1. The molecule has 1 atom stereocenters. The maximum Gasteiger partial charge on any atom is 0.251 e. The number of sulfonamides is 1. The van der Waals surface area contributed by atoms with Gasteiger partial charge >= 0.3 is 0 Å². The van der Waals surface area contributed by atoms with Crippen molar-refractivity contribution in [1.82, 2.24) is 10.2 Å². The second kappa shape index (κ2) is 11.1. The van der Waals surface area contributed by atoms with Crippen LogP contribution in [-0.2, 0) is 16.4 Å². The summed E-state index contributed by atoms with van der Waals surface area (Å²) in [4.78, 5) is 16.5. The summed E-state index contributed by atoms with van der Waals surface area (Å²) in [6.45, 7) is 4.69. The Kier molecular flexibility index (Phi) is 8.51. The van der Waals surface area contributed by atoms with Crippen LogP contribution in [0.4, 0.5) is 5.69 Å². The summed E-state index contributed by atoms with van der Waals surface area (Å²) in [5.41, 5.74) is 2.47. The Bertz CT molecular complexity index is 955. The van der Waals surface area contributed by atoms with Crippen molar-refractivity contribution in [3.63, 3.8) is 0 Å². The standard InChI is InChI=1S/C23H33N3O3S2/c1-3-4-5-6-7-21-22-18(13-17-30-22)12-15-26(21)16-14-24-23(27)19-8-10-20(11-9-19)25-31(2,28)29/h8-11,13,17,21,25H,3-7,12,14-16H2,1-2H3,(H,24,27). The molecule has 0 bridgehead atoms. The largest absolute Gasteiger partial charge is 0.351 e. The second-order valence-electron chi connectivity index (χ2n) is 8.17. The Morgan fingerprint density at radius 2 is 1.94 bits per heavy atom. The number of rotatable bonds is 11. The van der Waals surface area contributed by atoms with Gasteiger partial charge in [0.25, 0.3) is 5.91 Å². The van der Waals surface area contributed by atoms with E-state index >= 15 is 0 Å². The van der Waals surface area contributed by atoms with Crippen LogP contribution in [0.15, 0.2) is 35.7 Å². The highest BCUT2D eigenvalue weighted by Gasteiger charge is 2.27. The van der Waals surface area contributed by atoms with Gasteiger partial charge in [0, 0.05) is 41.8 Å². The van der Waals surface area contributed by atoms with Crippen LogP contribution >= 0.6 is 11.3 Å². The Labute approximate surface area is 190 Å². The van der Waals surface area contributed by atoms with Crippen molar-refractivity contribution in [2.24, 2.45) is 0 Å². The quantitative estimate of drug-likeness (QED) is 0.484. The van der Waals surface area contributed by atoms with E-state index in [0.717, 1.165) is 25.8 Å². The Hall–Kier alpha value is -1.90. The number of unbranched alkanes of at least 4 members (excludes halogenated alkanes) is 3. The molecule has 3 rings (SSSR count). The molecule has 1 aliphatic heterocycles. The van der Waals surface area contributed by atoms with E-state index in [0.29, 0.717) is 23.8 Å². The molecule has 1 aromatic heterocycles. The van der Waals surface area contributed by atoms with Gasteiger partial charge in [0.15, 0.2) is 0 Å². The van der Waals surface area contributed by atoms with E-state index < -0.39 is 10.0 Å². The molecule has 0 saturated heterocycles. The third-order valence-electron chi connectivity index (χ3n) is 5.66. The monoisotopic (exact) mass is 463 g/mol. The number of nitrogens with zero attached hydrogens (tertiary/aromatic N) is 1. The smallest absolute Gasteiger partial charge is 0.251 e. The van der Waals surface area contributed by atoms with Crippen molar-refractivity contribution in [3.8, 4) is 0 Å². The Morgan fingerprint density at radius 1 is 1.16 bits per heavy atom. The number of benzene rings is 1. The first-order chi connectivity index (χ1) is 14.9. The number of nitrogens with one attached hydrogen (secondary N) is 2. The van der Waals surface area contributed by atoms with Gasteiger partial charge < -0.3 is 5.32 Å². The predicted molar refractivity (Wildman–Crippen MR) is 128 cm³/mol. The van der Waals surface area contributed by atoms with Gasteiger partial charge in [0.2, 0.25) is 10.0 Å². The van der Waals surface area contributed by atoms with Gasteiger partial charge in [-0.05, 0) is 54.1 Å². The summed E-state index contributed by atoms with van der Waals surface area (Å²) in [5, 5.41) is 5.22. The summed E-state index contributed by atoms with van der Waals surface area (Å²) in [6.07, 6.45) is 8.41. The number of amides is 1. The van der Waals surface area contributed by atoms with Gasteiger partial charge in [-0.2, -0.15) is 0 Å². The van der Waals surface area contributed by atoms with E-state index in [4.69, 9.17) is 0 Å². The number of fused-ring (bicyclic) bond motifs is 1. The zero-order valence-electron chi connectivity index (χ0n) is 18.4. The highest BCUT2D eigenvalue weighted by atomic mass is 32.2. The molecule has 8 heteroatoms. The predicted octanol–water partition coefficient (Wildman–Crippen LogP) is 4.42. The molecule has 0 aliphatic carbocycles. The first-order valence-corrected chi connectivity index (χ1v) is 13.8. The van der Waals surface area contributed by atoms with Crippen molar-refractivity contribution in [2.45, 2.75) is 51.5 Å². The summed E-state index contributed by atoms with van der Waals surface area (Å²) in [5.74, 6) is -0.140. The van der Waals surface area contributed by atoms with E-state index in [1.54, 1.807) is 24.3 Å². The lowest BCUT2D eigenvalue weighted by Gasteiger charge is -2.36. The van der Waals surface area contributed by atoms with E-state index in [9.17, 15) is 13.2 Å². The first kappa shape index (κ1) is 23.8. The van der Waals surface area contributed by atoms with Crippen LogP contribution in [0.25, 0.3) is 0 Å². The molecule has 1 aromatic carbocycles. The van der Waals surface area contributed by atoms with Crippen LogP contribution in [0.1, 0.15) is 65.9 Å². The highest BCUT2D eigenvalue weighted by molar-refractivity contribution is 7.92. The van der Waals surface area contributed by atoms with Crippen molar-refractivity contribution >= 4 is 33.0 Å². The van der Waals surface area contributed by atoms with Gasteiger partial charge in [-0.1, -0.05) is 32.6 Å². The lowest BCUT2D eigenvalue weighted by Crippen LogP contribution is -2.40. The molecule has 2 aromatic rings. The molecule has 1 unspecified atom stereocenters. The van der Waals surface area contributed by atoms with Gasteiger partial charge in [-0.25, -0.2) is 8.42 Å². The Morgan fingerprint density at radius 3 is 2.65 bits per heavy atom. The molecule has 0 saturated carbocycles. The molecular formula is C23H33N3O3S2. The zero-order chi connectivity index (χ0) is 22.3. The van der Waals surface area contributed by atoms with E-state index in [1.807, 2.05) is 11.3 Å². The Balaban J connectivity index is 1.52. The number of hydrogen-bond donors (Lipinski definition) is 2. The SMILES string of the molecule is CCCCCCC1c2sccc2CCN1CCNC(=O)c1ccc(NS(C)(=O)=O)cc1.